The summed E-state index contributed by atoms with van der Waals surface area (Å²) >= 11 is 0. The summed E-state index contributed by atoms with van der Waals surface area (Å²) in [5, 5.41) is 14.9. The smallest absolute Gasteiger partial charge is 0.410 e. The highest BCUT2D eigenvalue weighted by atomic mass is 19.3. The van der Waals surface area contributed by atoms with Gasteiger partial charge in [0.2, 0.25) is 11.8 Å². The van der Waals surface area contributed by atoms with Gasteiger partial charge in [0.15, 0.2) is 0 Å². The summed E-state index contributed by atoms with van der Waals surface area (Å²) in [5.74, 6) is -7.38. The number of fused-ring (bicyclic) bond motifs is 3. The van der Waals surface area contributed by atoms with E-state index >= 15 is 0 Å². The van der Waals surface area contributed by atoms with Crippen LogP contribution in [0.3, 0.4) is 0 Å². The fraction of sp³-hybridized carbons (Fsp3) is 0.594. The van der Waals surface area contributed by atoms with E-state index in [1.807, 2.05) is 0 Å². The largest absolute Gasteiger partial charge is 0.479 e. The fourth-order valence-corrected chi connectivity index (χ4v) is 6.35. The van der Waals surface area contributed by atoms with E-state index in [9.17, 15) is 42.3 Å². The fourth-order valence-electron chi connectivity index (χ4n) is 6.35. The Morgan fingerprint density at radius 3 is 2.57 bits per heavy atom. The molecule has 1 aliphatic carbocycles. The number of nitrogens with zero attached hydrogens (tertiary/aromatic N) is 2. The van der Waals surface area contributed by atoms with Gasteiger partial charge in [-0.3, -0.25) is 14.5 Å². The number of nitrogens with one attached hydrogen (secondary N) is 2. The van der Waals surface area contributed by atoms with Gasteiger partial charge in [-0.05, 0) is 51.7 Å². The predicted octanol–water partition coefficient (Wildman–Crippen LogP) is 3.87. The van der Waals surface area contributed by atoms with Crippen LogP contribution in [0.2, 0.25) is 0 Å². The van der Waals surface area contributed by atoms with Gasteiger partial charge in [0.25, 0.3) is 5.92 Å². The molecular weight excluding hydrogens is 625 g/mol. The molecule has 0 bridgehead atoms. The van der Waals surface area contributed by atoms with Crippen LogP contribution in [0, 0.1) is 11.7 Å². The van der Waals surface area contributed by atoms with E-state index in [0.29, 0.717) is 11.1 Å². The van der Waals surface area contributed by atoms with E-state index in [4.69, 9.17) is 9.47 Å². The number of carbonyl (C=O) groups is 5. The lowest BCUT2D eigenvalue weighted by Gasteiger charge is -2.30. The third kappa shape index (κ3) is 7.65. The van der Waals surface area contributed by atoms with Crippen molar-refractivity contribution in [3.63, 3.8) is 0 Å². The molecule has 0 unspecified atom stereocenters. The molecule has 0 radical (unpaired) electrons. The van der Waals surface area contributed by atoms with Crippen LogP contribution in [0.5, 0.6) is 0 Å². The van der Waals surface area contributed by atoms with Crippen molar-refractivity contribution in [1.82, 2.24) is 20.4 Å². The third-order valence-corrected chi connectivity index (χ3v) is 8.85. The Labute approximate surface area is 269 Å². The minimum atomic E-state index is -3.17. The number of halogens is 3. The van der Waals surface area contributed by atoms with Crippen molar-refractivity contribution in [2.24, 2.45) is 5.92 Å². The summed E-state index contributed by atoms with van der Waals surface area (Å²) in [4.78, 5) is 68.2. The first-order valence-corrected chi connectivity index (χ1v) is 15.6. The van der Waals surface area contributed by atoms with Gasteiger partial charge in [0, 0.05) is 37.3 Å². The molecule has 3 heterocycles. The Hall–Kier alpha value is -4.30. The molecule has 5 rings (SSSR count). The van der Waals surface area contributed by atoms with Crippen molar-refractivity contribution in [1.29, 1.82) is 0 Å². The monoisotopic (exact) mass is 664 g/mol. The number of benzene rings is 1. The normalized spacial score (nSPS) is 29.0. The molecule has 0 spiro atoms. The van der Waals surface area contributed by atoms with E-state index in [1.54, 1.807) is 26.8 Å². The Kier molecular flexibility index (Phi) is 9.21. The highest BCUT2D eigenvalue weighted by Crippen LogP contribution is 2.46. The second-order valence-corrected chi connectivity index (χ2v) is 13.6. The van der Waals surface area contributed by atoms with Crippen LogP contribution in [0.1, 0.15) is 70.4 Å². The second kappa shape index (κ2) is 12.7. The van der Waals surface area contributed by atoms with Gasteiger partial charge in [0.05, 0.1) is 13.1 Å². The van der Waals surface area contributed by atoms with Gasteiger partial charge in [0.1, 0.15) is 35.1 Å². The van der Waals surface area contributed by atoms with Crippen LogP contribution in [-0.2, 0) is 36.9 Å². The van der Waals surface area contributed by atoms with Gasteiger partial charge < -0.3 is 30.1 Å². The van der Waals surface area contributed by atoms with Gasteiger partial charge in [-0.15, -0.1) is 0 Å². The Bertz CT molecular complexity index is 1480. The summed E-state index contributed by atoms with van der Waals surface area (Å²) in [6.07, 6.45) is -2.17. The minimum absolute atomic E-state index is 0.0376. The van der Waals surface area contributed by atoms with Crippen LogP contribution in [-0.4, -0.2) is 86.7 Å². The maximum Gasteiger partial charge on any atom is 0.410 e. The molecule has 12 nitrogen and oxygen atoms in total. The highest BCUT2D eigenvalue weighted by Gasteiger charge is 2.61. The second-order valence-electron chi connectivity index (χ2n) is 13.6. The van der Waals surface area contributed by atoms with Gasteiger partial charge in [-0.1, -0.05) is 24.3 Å². The van der Waals surface area contributed by atoms with Crippen molar-refractivity contribution >= 4 is 30.0 Å². The number of allylic oxidation sites excluding steroid dienone is 1. The van der Waals surface area contributed by atoms with Gasteiger partial charge in [-0.25, -0.2) is 27.6 Å². The minimum Gasteiger partial charge on any atom is -0.479 e. The maximum absolute atomic E-state index is 14.7. The average Bonchev–Trinajstić information content (AvgIpc) is 3.27. The summed E-state index contributed by atoms with van der Waals surface area (Å²) in [6, 6.07) is 1.80. The van der Waals surface area contributed by atoms with Crippen molar-refractivity contribution in [2.45, 2.75) is 108 Å². The topological polar surface area (TPSA) is 155 Å². The van der Waals surface area contributed by atoms with Crippen LogP contribution < -0.4 is 10.6 Å². The SMILES string of the molecule is CC(C)(C)OC(=O)N[C@H]1CCCC(F)(F)CC=C[C@@H]2C[C@@]2(C(=O)O)NC(=O)[C@@H]2C[C@@H](OC(=O)N3Cc4cccc(F)c4C3)CN2C1=O. The number of aliphatic carboxylic acids is 1. The standard InChI is InChI=1S/C32H39F3N4O8/c1-30(2,3)47-28(44)36-23-10-6-12-31(34,35)11-5-8-19-14-32(19,27(42)43)37-25(40)24-13-20(16-39(24)26(23)41)46-29(45)38-15-18-7-4-9-22(33)21(18)17-38/h4-5,7-9,19-20,23-24H,6,10-17H2,1-3H3,(H,36,44)(H,37,40)(H,42,43)/t19-,20-,23+,24+,32-/m1/s1. The first kappa shape index (κ1) is 34.0. The van der Waals surface area contributed by atoms with Gasteiger partial charge in [-0.2, -0.15) is 0 Å². The number of rotatable bonds is 3. The molecule has 47 heavy (non-hydrogen) atoms. The van der Waals surface area contributed by atoms with Gasteiger partial charge >= 0.3 is 18.2 Å². The summed E-state index contributed by atoms with van der Waals surface area (Å²) in [5.41, 5.74) is -1.73. The molecule has 4 amide bonds. The van der Waals surface area contributed by atoms with E-state index in [2.05, 4.69) is 10.6 Å². The molecule has 1 saturated carbocycles. The van der Waals surface area contributed by atoms with Crippen LogP contribution in [0.15, 0.2) is 30.4 Å². The lowest BCUT2D eigenvalue weighted by atomic mass is 10.0. The number of hydrogen-bond acceptors (Lipinski definition) is 7. The van der Waals surface area contributed by atoms with Crippen molar-refractivity contribution in [3.8, 4) is 0 Å². The number of alkyl halides is 2. The molecule has 3 N–H and O–H groups in total. The molecule has 256 valence electrons. The molecule has 3 aliphatic heterocycles. The number of carbonyl (C=O) groups excluding carboxylic acids is 4. The predicted molar refractivity (Wildman–Crippen MR) is 158 cm³/mol. The molecule has 5 atom stereocenters. The first-order valence-electron chi connectivity index (χ1n) is 15.6. The van der Waals surface area contributed by atoms with Crippen LogP contribution in [0.4, 0.5) is 22.8 Å². The molecule has 2 fully saturated rings. The highest BCUT2D eigenvalue weighted by molar-refractivity contribution is 5.96. The van der Waals surface area contributed by atoms with Crippen molar-refractivity contribution in [2.75, 3.05) is 6.54 Å². The maximum atomic E-state index is 14.7. The van der Waals surface area contributed by atoms with E-state index in [-0.39, 0.29) is 45.3 Å². The lowest BCUT2D eigenvalue weighted by molar-refractivity contribution is -0.145. The van der Waals surface area contributed by atoms with Crippen molar-refractivity contribution in [3.05, 3.63) is 47.3 Å². The quantitative estimate of drug-likeness (QED) is 0.412. The molecule has 1 aromatic carbocycles. The summed E-state index contributed by atoms with van der Waals surface area (Å²) in [6.45, 7) is 4.57. The number of amides is 4. The molecular formula is C32H39F3N4O8. The third-order valence-electron chi connectivity index (χ3n) is 8.85. The van der Waals surface area contributed by atoms with Crippen LogP contribution in [0.25, 0.3) is 0 Å². The first-order chi connectivity index (χ1) is 22.0. The number of carboxylic acids is 1. The van der Waals surface area contributed by atoms with Crippen molar-refractivity contribution < 1.29 is 51.7 Å². The van der Waals surface area contributed by atoms with E-state index in [0.717, 1.165) is 4.90 Å². The average molecular weight is 665 g/mol. The molecule has 0 aromatic heterocycles. The molecule has 15 heteroatoms. The van der Waals surface area contributed by atoms with Crippen LogP contribution >= 0.6 is 0 Å². The lowest BCUT2D eigenvalue weighted by Crippen LogP contribution is -2.56. The molecule has 4 aliphatic rings. The number of hydrogen-bond donors (Lipinski definition) is 3. The number of carboxylic acid groups (broad SMARTS) is 1. The zero-order valence-electron chi connectivity index (χ0n) is 26.4. The summed E-state index contributed by atoms with van der Waals surface area (Å²) in [7, 11) is 0. The molecule has 1 aromatic rings. The number of alkyl carbamates (subject to hydrolysis) is 1. The number of ether oxygens (including phenoxy) is 2. The summed E-state index contributed by atoms with van der Waals surface area (Å²) < 4.78 is 54.7. The Morgan fingerprint density at radius 2 is 1.89 bits per heavy atom. The van der Waals surface area contributed by atoms with E-state index < -0.39 is 89.8 Å². The Morgan fingerprint density at radius 1 is 1.15 bits per heavy atom. The zero-order valence-corrected chi connectivity index (χ0v) is 26.4. The Balaban J connectivity index is 1.40. The zero-order chi connectivity index (χ0) is 34.3. The molecule has 1 saturated heterocycles. The van der Waals surface area contributed by atoms with E-state index in [1.165, 1.54) is 29.2 Å².